The molecule has 0 aliphatic heterocycles. The van der Waals surface area contributed by atoms with Crippen molar-refractivity contribution in [2.45, 2.75) is 63.2 Å². The molecule has 1 unspecified atom stereocenters. The van der Waals surface area contributed by atoms with E-state index in [0.717, 1.165) is 12.3 Å². The summed E-state index contributed by atoms with van der Waals surface area (Å²) in [5.41, 5.74) is 1.23. The summed E-state index contributed by atoms with van der Waals surface area (Å²) < 4.78 is 11.8. The van der Waals surface area contributed by atoms with Gasteiger partial charge in [0.25, 0.3) is 0 Å². The van der Waals surface area contributed by atoms with Gasteiger partial charge in [-0.2, -0.15) is 0 Å². The summed E-state index contributed by atoms with van der Waals surface area (Å²) in [4.78, 5) is 0. The molecule has 1 aromatic carbocycles. The predicted molar refractivity (Wildman–Crippen MR) is 84.7 cm³/mol. The van der Waals surface area contributed by atoms with E-state index in [0.29, 0.717) is 12.1 Å². The van der Waals surface area contributed by atoms with Crippen LogP contribution in [0.1, 0.15) is 56.6 Å². The van der Waals surface area contributed by atoms with Gasteiger partial charge in [-0.1, -0.05) is 31.4 Å². The number of rotatable bonds is 7. The van der Waals surface area contributed by atoms with Gasteiger partial charge in [0, 0.05) is 12.6 Å². The molecule has 0 radical (unpaired) electrons. The molecule has 3 heteroatoms. The fraction of sp³-hybridized carbons (Fsp3) is 0.667. The van der Waals surface area contributed by atoms with Gasteiger partial charge in [0.05, 0.1) is 19.3 Å². The van der Waals surface area contributed by atoms with Gasteiger partial charge in [0.2, 0.25) is 0 Å². The van der Waals surface area contributed by atoms with Crippen LogP contribution in [0.15, 0.2) is 24.3 Å². The molecule has 1 N–H and O–H groups in total. The van der Waals surface area contributed by atoms with Crippen LogP contribution in [-0.4, -0.2) is 25.8 Å². The summed E-state index contributed by atoms with van der Waals surface area (Å²) in [6.45, 7) is 0.911. The van der Waals surface area contributed by atoms with Gasteiger partial charge in [-0.15, -0.1) is 0 Å². The smallest absolute Gasteiger partial charge is 0.119 e. The van der Waals surface area contributed by atoms with Crippen molar-refractivity contribution in [3.8, 4) is 5.75 Å². The number of hydrogen-bond acceptors (Lipinski definition) is 3. The van der Waals surface area contributed by atoms with Crippen LogP contribution >= 0.6 is 0 Å². The monoisotopic (exact) mass is 289 g/mol. The number of ether oxygens (including phenoxy) is 2. The van der Waals surface area contributed by atoms with Gasteiger partial charge in [-0.3, -0.25) is 0 Å². The van der Waals surface area contributed by atoms with Crippen LogP contribution in [0, 0.1) is 0 Å². The Hall–Kier alpha value is -1.06. The Kier molecular flexibility index (Phi) is 5.15. The Morgan fingerprint density at radius 3 is 2.67 bits per heavy atom. The summed E-state index contributed by atoms with van der Waals surface area (Å²) in [5, 5.41) is 3.62. The molecular weight excluding hydrogens is 262 g/mol. The van der Waals surface area contributed by atoms with Crippen molar-refractivity contribution in [1.29, 1.82) is 0 Å². The summed E-state index contributed by atoms with van der Waals surface area (Å²) in [7, 11) is 1.72. The number of methoxy groups -OCH3 is 1. The first-order valence-corrected chi connectivity index (χ1v) is 8.38. The zero-order valence-corrected chi connectivity index (χ0v) is 13.0. The highest BCUT2D eigenvalue weighted by molar-refractivity contribution is 5.30. The summed E-state index contributed by atoms with van der Waals surface area (Å²) in [6, 6.07) is 9.04. The lowest BCUT2D eigenvalue weighted by Gasteiger charge is -2.28. The molecule has 2 aliphatic rings. The lowest BCUT2D eigenvalue weighted by atomic mass is 9.97. The molecule has 2 saturated carbocycles. The van der Waals surface area contributed by atoms with Crippen LogP contribution in [0.3, 0.4) is 0 Å². The van der Waals surface area contributed by atoms with E-state index in [-0.39, 0.29) is 6.10 Å². The maximum Gasteiger partial charge on any atom is 0.119 e. The largest absolute Gasteiger partial charge is 0.497 e. The molecule has 0 saturated heterocycles. The van der Waals surface area contributed by atoms with E-state index in [1.807, 2.05) is 6.07 Å². The van der Waals surface area contributed by atoms with Crippen LogP contribution in [-0.2, 0) is 4.74 Å². The second-order valence-electron chi connectivity index (χ2n) is 6.34. The highest BCUT2D eigenvalue weighted by Gasteiger charge is 2.25. The molecular formula is C18H27NO2. The third-order valence-electron chi connectivity index (χ3n) is 4.54. The van der Waals surface area contributed by atoms with Crippen molar-refractivity contribution >= 4 is 0 Å². The van der Waals surface area contributed by atoms with E-state index in [1.165, 1.54) is 50.5 Å². The summed E-state index contributed by atoms with van der Waals surface area (Å²) >= 11 is 0. The average Bonchev–Trinajstić information content (AvgIpc) is 3.37. The van der Waals surface area contributed by atoms with Crippen molar-refractivity contribution in [1.82, 2.24) is 5.32 Å². The summed E-state index contributed by atoms with van der Waals surface area (Å²) in [6.07, 6.45) is 9.61. The van der Waals surface area contributed by atoms with Crippen molar-refractivity contribution in [2.75, 3.05) is 13.7 Å². The molecule has 2 aliphatic carbocycles. The highest BCUT2D eigenvalue weighted by Crippen LogP contribution is 2.29. The molecule has 0 amide bonds. The zero-order chi connectivity index (χ0) is 14.5. The van der Waals surface area contributed by atoms with E-state index in [2.05, 4.69) is 23.5 Å². The molecule has 2 fully saturated rings. The summed E-state index contributed by atoms with van der Waals surface area (Å²) in [5.74, 6) is 0.913. The molecule has 3 nitrogen and oxygen atoms in total. The van der Waals surface area contributed by atoms with Crippen molar-refractivity contribution in [3.63, 3.8) is 0 Å². The Morgan fingerprint density at radius 1 is 1.14 bits per heavy atom. The minimum absolute atomic E-state index is 0.142. The van der Waals surface area contributed by atoms with E-state index in [1.54, 1.807) is 7.11 Å². The lowest BCUT2D eigenvalue weighted by molar-refractivity contribution is -0.0308. The minimum atomic E-state index is 0.142. The van der Waals surface area contributed by atoms with Crippen LogP contribution in [0.25, 0.3) is 0 Å². The fourth-order valence-electron chi connectivity index (χ4n) is 3.08. The van der Waals surface area contributed by atoms with Gasteiger partial charge in [-0.25, -0.2) is 0 Å². The third-order valence-corrected chi connectivity index (χ3v) is 4.54. The van der Waals surface area contributed by atoms with E-state index >= 15 is 0 Å². The second kappa shape index (κ2) is 7.28. The second-order valence-corrected chi connectivity index (χ2v) is 6.34. The maximum absolute atomic E-state index is 6.44. The standard InChI is InChI=1S/C18H27NO2/c1-20-17-9-5-6-14(12-17)18(13-19-15-10-11-15)21-16-7-3-2-4-8-16/h5-6,9,12,15-16,18-19H,2-4,7-8,10-11,13H2,1H3. The molecule has 0 aromatic heterocycles. The van der Waals surface area contributed by atoms with Gasteiger partial charge in [0.15, 0.2) is 0 Å². The Balaban J connectivity index is 1.66. The van der Waals surface area contributed by atoms with Gasteiger partial charge in [-0.05, 0) is 43.4 Å². The first-order valence-electron chi connectivity index (χ1n) is 8.38. The molecule has 0 heterocycles. The van der Waals surface area contributed by atoms with Crippen LogP contribution in [0.5, 0.6) is 5.75 Å². The first kappa shape index (κ1) is 14.9. The predicted octanol–water partition coefficient (Wildman–Crippen LogP) is 3.84. The number of nitrogens with one attached hydrogen (secondary N) is 1. The normalized spacial score (nSPS) is 21.2. The topological polar surface area (TPSA) is 30.5 Å². The molecule has 0 spiro atoms. The minimum Gasteiger partial charge on any atom is -0.497 e. The molecule has 1 aromatic rings. The van der Waals surface area contributed by atoms with Crippen molar-refractivity contribution in [2.24, 2.45) is 0 Å². The molecule has 21 heavy (non-hydrogen) atoms. The van der Waals surface area contributed by atoms with Crippen LogP contribution in [0.2, 0.25) is 0 Å². The number of hydrogen-bond donors (Lipinski definition) is 1. The zero-order valence-electron chi connectivity index (χ0n) is 13.0. The number of benzene rings is 1. The SMILES string of the molecule is COc1cccc(C(CNC2CC2)OC2CCCCC2)c1. The van der Waals surface area contributed by atoms with Gasteiger partial charge in [0.1, 0.15) is 5.75 Å². The molecule has 3 rings (SSSR count). The van der Waals surface area contributed by atoms with E-state index < -0.39 is 0 Å². The lowest BCUT2D eigenvalue weighted by Crippen LogP contribution is -2.29. The highest BCUT2D eigenvalue weighted by atomic mass is 16.5. The van der Waals surface area contributed by atoms with Gasteiger partial charge < -0.3 is 14.8 Å². The Bertz CT molecular complexity index is 439. The first-order chi connectivity index (χ1) is 10.3. The van der Waals surface area contributed by atoms with Crippen LogP contribution in [0.4, 0.5) is 0 Å². The Morgan fingerprint density at radius 2 is 1.95 bits per heavy atom. The van der Waals surface area contributed by atoms with E-state index in [4.69, 9.17) is 9.47 Å². The van der Waals surface area contributed by atoms with E-state index in [9.17, 15) is 0 Å². The fourth-order valence-corrected chi connectivity index (χ4v) is 3.08. The van der Waals surface area contributed by atoms with Crippen molar-refractivity contribution in [3.05, 3.63) is 29.8 Å². The Labute approximate surface area is 128 Å². The molecule has 0 bridgehead atoms. The van der Waals surface area contributed by atoms with Gasteiger partial charge >= 0.3 is 0 Å². The van der Waals surface area contributed by atoms with Crippen LogP contribution < -0.4 is 10.1 Å². The van der Waals surface area contributed by atoms with Crippen molar-refractivity contribution < 1.29 is 9.47 Å². The quantitative estimate of drug-likeness (QED) is 0.827. The third kappa shape index (κ3) is 4.45. The molecule has 116 valence electrons. The maximum atomic E-state index is 6.44. The molecule has 1 atom stereocenters. The average molecular weight is 289 g/mol.